The van der Waals surface area contributed by atoms with Crippen molar-refractivity contribution in [3.8, 4) is 0 Å². The van der Waals surface area contributed by atoms with Crippen LogP contribution in [0.15, 0.2) is 18.2 Å². The third kappa shape index (κ3) is 4.17. The van der Waals surface area contributed by atoms with Crippen LogP contribution in [0.2, 0.25) is 5.02 Å². The second-order valence-corrected chi connectivity index (χ2v) is 5.96. The van der Waals surface area contributed by atoms with E-state index in [0.717, 1.165) is 6.42 Å². The van der Waals surface area contributed by atoms with Crippen LogP contribution < -0.4 is 15.5 Å². The lowest BCUT2D eigenvalue weighted by Crippen LogP contribution is -2.40. The van der Waals surface area contributed by atoms with Crippen LogP contribution >= 0.6 is 11.6 Å². The number of unbranched alkanes of at least 4 members (excludes halogenated alkanes) is 1. The molecule has 0 radical (unpaired) electrons. The normalized spacial score (nSPS) is 15.1. The van der Waals surface area contributed by atoms with Gasteiger partial charge in [0.1, 0.15) is 6.04 Å². The number of carbonyl (C=O) groups is 3. The Labute approximate surface area is 145 Å². The van der Waals surface area contributed by atoms with Crippen LogP contribution in [0.3, 0.4) is 0 Å². The van der Waals surface area contributed by atoms with E-state index in [1.165, 1.54) is 23.1 Å². The number of amides is 3. The molecule has 1 aliphatic heterocycles. The number of benzene rings is 1. The van der Waals surface area contributed by atoms with Gasteiger partial charge in [-0.3, -0.25) is 9.69 Å². The highest BCUT2D eigenvalue weighted by molar-refractivity contribution is 6.34. The van der Waals surface area contributed by atoms with Crippen LogP contribution in [0.4, 0.5) is 10.5 Å². The highest BCUT2D eigenvalue weighted by atomic mass is 35.5. The Kier molecular flexibility index (Phi) is 6.03. The third-order valence-corrected chi connectivity index (χ3v) is 4.13. The molecule has 0 spiro atoms. The number of carbonyl (C=O) groups excluding carboxylic acids is 2. The average Bonchev–Trinajstić information content (AvgIpc) is 2.97. The molecule has 130 valence electrons. The lowest BCUT2D eigenvalue weighted by atomic mass is 10.1. The second kappa shape index (κ2) is 8.01. The SMILES string of the molecule is CCCCC(NC(=O)c1ccc(Cl)c(N2CCNC2=O)c1)C(=O)O. The minimum absolute atomic E-state index is 0.261. The molecule has 0 aromatic heterocycles. The summed E-state index contributed by atoms with van der Waals surface area (Å²) in [5, 5.41) is 14.7. The minimum atomic E-state index is -1.06. The fraction of sp³-hybridized carbons (Fsp3) is 0.438. The summed E-state index contributed by atoms with van der Waals surface area (Å²) in [4.78, 5) is 36.8. The number of urea groups is 1. The Hall–Kier alpha value is -2.28. The molecule has 0 bridgehead atoms. The van der Waals surface area contributed by atoms with Gasteiger partial charge in [0.05, 0.1) is 10.7 Å². The number of nitrogens with one attached hydrogen (secondary N) is 2. The van der Waals surface area contributed by atoms with E-state index in [1.807, 2.05) is 6.92 Å². The highest BCUT2D eigenvalue weighted by Gasteiger charge is 2.25. The van der Waals surface area contributed by atoms with E-state index in [0.29, 0.717) is 36.6 Å². The number of anilines is 1. The van der Waals surface area contributed by atoms with Crippen molar-refractivity contribution in [3.63, 3.8) is 0 Å². The summed E-state index contributed by atoms with van der Waals surface area (Å²) in [6.07, 6.45) is 1.92. The lowest BCUT2D eigenvalue weighted by Gasteiger charge is -2.18. The number of hydrogen-bond acceptors (Lipinski definition) is 3. The van der Waals surface area contributed by atoms with Crippen molar-refractivity contribution in [3.05, 3.63) is 28.8 Å². The van der Waals surface area contributed by atoms with Gasteiger partial charge in [-0.1, -0.05) is 31.4 Å². The molecule has 0 saturated carbocycles. The minimum Gasteiger partial charge on any atom is -0.480 e. The first-order valence-electron chi connectivity index (χ1n) is 7.82. The van der Waals surface area contributed by atoms with Gasteiger partial charge >= 0.3 is 12.0 Å². The molecular formula is C16H20ClN3O4. The van der Waals surface area contributed by atoms with Crippen LogP contribution in [0, 0.1) is 0 Å². The molecule has 1 heterocycles. The summed E-state index contributed by atoms with van der Waals surface area (Å²) in [5.41, 5.74) is 0.691. The van der Waals surface area contributed by atoms with Crippen molar-refractivity contribution in [2.75, 3.05) is 18.0 Å². The Morgan fingerprint density at radius 1 is 1.46 bits per heavy atom. The number of halogens is 1. The van der Waals surface area contributed by atoms with E-state index in [9.17, 15) is 19.5 Å². The third-order valence-electron chi connectivity index (χ3n) is 3.81. The topological polar surface area (TPSA) is 98.7 Å². The number of hydrogen-bond donors (Lipinski definition) is 3. The largest absolute Gasteiger partial charge is 0.480 e. The summed E-state index contributed by atoms with van der Waals surface area (Å²) < 4.78 is 0. The summed E-state index contributed by atoms with van der Waals surface area (Å²) in [7, 11) is 0. The van der Waals surface area contributed by atoms with E-state index < -0.39 is 17.9 Å². The van der Waals surface area contributed by atoms with E-state index in [2.05, 4.69) is 10.6 Å². The molecule has 0 aliphatic carbocycles. The maximum atomic E-state index is 12.3. The van der Waals surface area contributed by atoms with Crippen molar-refractivity contribution in [1.29, 1.82) is 0 Å². The summed E-state index contributed by atoms with van der Waals surface area (Å²) >= 11 is 6.12. The van der Waals surface area contributed by atoms with Gasteiger partial charge in [-0.05, 0) is 24.6 Å². The molecule has 8 heteroatoms. The van der Waals surface area contributed by atoms with Crippen molar-refractivity contribution < 1.29 is 19.5 Å². The zero-order chi connectivity index (χ0) is 17.7. The summed E-state index contributed by atoms with van der Waals surface area (Å²) in [6.45, 7) is 2.91. The molecule has 3 N–H and O–H groups in total. The molecule has 3 amide bonds. The molecule has 24 heavy (non-hydrogen) atoms. The van der Waals surface area contributed by atoms with Crippen molar-refractivity contribution in [2.24, 2.45) is 0 Å². The van der Waals surface area contributed by atoms with Gasteiger partial charge in [0, 0.05) is 18.7 Å². The van der Waals surface area contributed by atoms with Crippen LogP contribution in [0.25, 0.3) is 0 Å². The van der Waals surface area contributed by atoms with E-state index in [-0.39, 0.29) is 11.6 Å². The molecule has 1 atom stereocenters. The quantitative estimate of drug-likeness (QED) is 0.700. The van der Waals surface area contributed by atoms with E-state index in [1.54, 1.807) is 0 Å². The van der Waals surface area contributed by atoms with Gasteiger partial charge in [-0.2, -0.15) is 0 Å². The zero-order valence-corrected chi connectivity index (χ0v) is 14.1. The van der Waals surface area contributed by atoms with Crippen molar-refractivity contribution >= 4 is 35.2 Å². The van der Waals surface area contributed by atoms with Gasteiger partial charge in [-0.15, -0.1) is 0 Å². The maximum Gasteiger partial charge on any atom is 0.326 e. The molecule has 1 aromatic carbocycles. The van der Waals surface area contributed by atoms with Crippen molar-refractivity contribution in [1.82, 2.24) is 10.6 Å². The molecule has 1 aromatic rings. The monoisotopic (exact) mass is 353 g/mol. The lowest BCUT2D eigenvalue weighted by molar-refractivity contribution is -0.139. The van der Waals surface area contributed by atoms with E-state index in [4.69, 9.17) is 11.6 Å². The number of carboxylic acids is 1. The van der Waals surface area contributed by atoms with Gasteiger partial charge in [-0.25, -0.2) is 9.59 Å². The predicted octanol–water partition coefficient (Wildman–Crippen LogP) is 2.24. The Morgan fingerprint density at radius 2 is 2.21 bits per heavy atom. The maximum absolute atomic E-state index is 12.3. The molecule has 1 unspecified atom stereocenters. The first-order chi connectivity index (χ1) is 11.4. The van der Waals surface area contributed by atoms with Gasteiger partial charge in [0.15, 0.2) is 0 Å². The van der Waals surface area contributed by atoms with Crippen LogP contribution in [-0.4, -0.2) is 42.1 Å². The molecular weight excluding hydrogens is 334 g/mol. The fourth-order valence-corrected chi connectivity index (χ4v) is 2.69. The number of rotatable bonds is 7. The molecule has 1 aliphatic rings. The molecule has 1 saturated heterocycles. The number of nitrogens with zero attached hydrogens (tertiary/aromatic N) is 1. The van der Waals surface area contributed by atoms with E-state index >= 15 is 0 Å². The first kappa shape index (κ1) is 18.1. The smallest absolute Gasteiger partial charge is 0.326 e. The van der Waals surface area contributed by atoms with Crippen LogP contribution in [0.1, 0.15) is 36.5 Å². The standard InChI is InChI=1S/C16H20ClN3O4/c1-2-3-4-12(15(22)23)19-14(21)10-5-6-11(17)13(9-10)20-8-7-18-16(20)24/h5-6,9,12H,2-4,7-8H2,1H3,(H,18,24)(H,19,21)(H,22,23). The first-order valence-corrected chi connectivity index (χ1v) is 8.20. The second-order valence-electron chi connectivity index (χ2n) is 5.56. The summed E-state index contributed by atoms with van der Waals surface area (Å²) in [6, 6.07) is 3.32. The van der Waals surface area contributed by atoms with Crippen LogP contribution in [-0.2, 0) is 4.79 Å². The predicted molar refractivity (Wildman–Crippen MR) is 90.6 cm³/mol. The molecule has 1 fully saturated rings. The zero-order valence-electron chi connectivity index (χ0n) is 13.3. The Bertz CT molecular complexity index is 650. The van der Waals surface area contributed by atoms with Gasteiger partial charge in [0.2, 0.25) is 0 Å². The number of aliphatic carboxylic acids is 1. The Balaban J connectivity index is 2.17. The summed E-state index contributed by atoms with van der Waals surface area (Å²) in [5.74, 6) is -1.57. The average molecular weight is 354 g/mol. The molecule has 7 nitrogen and oxygen atoms in total. The van der Waals surface area contributed by atoms with Crippen LogP contribution in [0.5, 0.6) is 0 Å². The van der Waals surface area contributed by atoms with Gasteiger partial charge < -0.3 is 15.7 Å². The molecule has 2 rings (SSSR count). The van der Waals surface area contributed by atoms with Gasteiger partial charge in [0.25, 0.3) is 5.91 Å². The van der Waals surface area contributed by atoms with Crippen molar-refractivity contribution in [2.45, 2.75) is 32.2 Å². The highest BCUT2D eigenvalue weighted by Crippen LogP contribution is 2.28. The number of carboxylic acid groups (broad SMARTS) is 1. The Morgan fingerprint density at radius 3 is 2.79 bits per heavy atom. The fourth-order valence-electron chi connectivity index (χ4n) is 2.47.